The van der Waals surface area contributed by atoms with Crippen LogP contribution in [0.1, 0.15) is 15.9 Å². The van der Waals surface area contributed by atoms with Crippen molar-refractivity contribution in [3.8, 4) is 0 Å². The Balaban J connectivity index is 3.13. The molecule has 14 heavy (non-hydrogen) atoms. The molecule has 5 heteroatoms. The number of aliphatic hydroxyl groups is 1. The first-order valence-electron chi connectivity index (χ1n) is 4.02. The molecule has 0 spiro atoms. The van der Waals surface area contributed by atoms with Crippen molar-refractivity contribution in [3.63, 3.8) is 0 Å². The van der Waals surface area contributed by atoms with Gasteiger partial charge in [0, 0.05) is 12.7 Å². The largest absolute Gasteiger partial charge is 0.396 e. The van der Waals surface area contributed by atoms with E-state index >= 15 is 0 Å². The van der Waals surface area contributed by atoms with Crippen molar-refractivity contribution < 1.29 is 14.8 Å². The van der Waals surface area contributed by atoms with Crippen LogP contribution in [0, 0.1) is 10.1 Å². The first kappa shape index (κ1) is 10.3. The number of nitro groups is 1. The Kier molecular flexibility index (Phi) is 3.30. The molecule has 74 valence electrons. The number of hydrogen-bond donors (Lipinski definition) is 1. The summed E-state index contributed by atoms with van der Waals surface area (Å²) in [7, 11) is 0. The Labute approximate surface area is 80.1 Å². The minimum absolute atomic E-state index is 0.0525. The van der Waals surface area contributed by atoms with Crippen LogP contribution in [-0.4, -0.2) is 22.9 Å². The van der Waals surface area contributed by atoms with Crippen molar-refractivity contribution in [3.05, 3.63) is 39.4 Å². The maximum absolute atomic E-state index is 10.5. The Morgan fingerprint density at radius 3 is 2.71 bits per heavy atom. The predicted octanol–water partition coefficient (Wildman–Crippen LogP) is 0.942. The lowest BCUT2D eigenvalue weighted by molar-refractivity contribution is -0.385. The zero-order chi connectivity index (χ0) is 10.6. The highest BCUT2D eigenvalue weighted by Crippen LogP contribution is 2.18. The monoisotopic (exact) mass is 195 g/mol. The molecule has 5 nitrogen and oxygen atoms in total. The molecular formula is C9H9NO4. The number of aldehydes is 1. The summed E-state index contributed by atoms with van der Waals surface area (Å²) in [6.07, 6.45) is 0.792. The third-order valence-corrected chi connectivity index (χ3v) is 1.82. The number of nitro benzene ring substituents is 1. The fourth-order valence-electron chi connectivity index (χ4n) is 1.13. The van der Waals surface area contributed by atoms with Crippen LogP contribution in [0.5, 0.6) is 0 Å². The van der Waals surface area contributed by atoms with Crippen molar-refractivity contribution in [2.45, 2.75) is 6.42 Å². The van der Waals surface area contributed by atoms with Gasteiger partial charge >= 0.3 is 0 Å². The van der Waals surface area contributed by atoms with Crippen LogP contribution in [-0.2, 0) is 6.42 Å². The van der Waals surface area contributed by atoms with Gasteiger partial charge < -0.3 is 5.11 Å². The number of carbonyl (C=O) groups excluding carboxylic acids is 1. The van der Waals surface area contributed by atoms with Gasteiger partial charge in [-0.15, -0.1) is 0 Å². The second-order valence-electron chi connectivity index (χ2n) is 2.74. The van der Waals surface area contributed by atoms with Crippen LogP contribution in [0.15, 0.2) is 18.2 Å². The Morgan fingerprint density at radius 1 is 1.50 bits per heavy atom. The summed E-state index contributed by atoms with van der Waals surface area (Å²) in [6, 6.07) is 4.28. The summed E-state index contributed by atoms with van der Waals surface area (Å²) in [4.78, 5) is 20.4. The molecule has 0 fully saturated rings. The van der Waals surface area contributed by atoms with Crippen LogP contribution >= 0.6 is 0 Å². The molecule has 1 N–H and O–H groups in total. The van der Waals surface area contributed by atoms with E-state index in [0.29, 0.717) is 18.3 Å². The molecule has 0 aromatic heterocycles. The van der Waals surface area contributed by atoms with E-state index in [0.717, 1.165) is 0 Å². The third kappa shape index (κ3) is 2.14. The van der Waals surface area contributed by atoms with E-state index in [9.17, 15) is 14.9 Å². The van der Waals surface area contributed by atoms with E-state index in [2.05, 4.69) is 0 Å². The van der Waals surface area contributed by atoms with Gasteiger partial charge in [0.25, 0.3) is 5.69 Å². The lowest BCUT2D eigenvalue weighted by atomic mass is 10.1. The highest BCUT2D eigenvalue weighted by atomic mass is 16.6. The molecule has 0 amide bonds. The second kappa shape index (κ2) is 4.48. The number of aliphatic hydroxyl groups excluding tert-OH is 1. The van der Waals surface area contributed by atoms with Gasteiger partial charge in [-0.1, -0.05) is 6.07 Å². The fraction of sp³-hybridized carbons (Fsp3) is 0.222. The number of carbonyl (C=O) groups is 1. The molecule has 1 aromatic carbocycles. The molecule has 0 saturated carbocycles. The Hall–Kier alpha value is -1.75. The number of hydrogen-bond acceptors (Lipinski definition) is 4. The molecule has 0 radical (unpaired) electrons. The van der Waals surface area contributed by atoms with Crippen LogP contribution in [0.25, 0.3) is 0 Å². The highest BCUT2D eigenvalue weighted by Gasteiger charge is 2.13. The normalized spacial score (nSPS) is 9.79. The zero-order valence-electron chi connectivity index (χ0n) is 7.34. The predicted molar refractivity (Wildman–Crippen MR) is 49.3 cm³/mol. The molecule has 0 saturated heterocycles. The molecule has 0 heterocycles. The Bertz CT molecular complexity index is 362. The maximum atomic E-state index is 10.5. The molecule has 1 aromatic rings. The van der Waals surface area contributed by atoms with Crippen LogP contribution in [0.3, 0.4) is 0 Å². The van der Waals surface area contributed by atoms with Gasteiger partial charge in [0.2, 0.25) is 0 Å². The quantitative estimate of drug-likeness (QED) is 0.440. The minimum atomic E-state index is -0.607. The lowest BCUT2D eigenvalue weighted by Crippen LogP contribution is -1.97. The molecule has 0 unspecified atom stereocenters. The molecule has 0 bridgehead atoms. The van der Waals surface area contributed by atoms with E-state index in [1.165, 1.54) is 12.1 Å². The Morgan fingerprint density at radius 2 is 2.21 bits per heavy atom. The molecular weight excluding hydrogens is 186 g/mol. The van der Waals surface area contributed by atoms with Gasteiger partial charge in [0.1, 0.15) is 0 Å². The van der Waals surface area contributed by atoms with Gasteiger partial charge in [0.05, 0.1) is 10.5 Å². The van der Waals surface area contributed by atoms with Crippen LogP contribution < -0.4 is 0 Å². The van der Waals surface area contributed by atoms with E-state index in [-0.39, 0.29) is 17.9 Å². The topological polar surface area (TPSA) is 80.4 Å². The summed E-state index contributed by atoms with van der Waals surface area (Å²) in [5.41, 5.74) is 0.479. The number of nitrogens with zero attached hydrogens (tertiary/aromatic N) is 1. The average molecular weight is 195 g/mol. The van der Waals surface area contributed by atoms with Gasteiger partial charge in [-0.2, -0.15) is 0 Å². The summed E-state index contributed by atoms with van der Waals surface area (Å²) in [6.45, 7) is -0.0718. The number of benzene rings is 1. The summed E-state index contributed by atoms with van der Waals surface area (Å²) < 4.78 is 0. The third-order valence-electron chi connectivity index (χ3n) is 1.82. The van der Waals surface area contributed by atoms with Crippen LogP contribution in [0.2, 0.25) is 0 Å². The van der Waals surface area contributed by atoms with E-state index in [4.69, 9.17) is 5.11 Å². The summed E-state index contributed by atoms with van der Waals surface area (Å²) in [5.74, 6) is 0. The average Bonchev–Trinajstić information content (AvgIpc) is 2.18. The molecule has 1 rings (SSSR count). The smallest absolute Gasteiger partial charge is 0.280 e. The molecule has 0 atom stereocenters. The van der Waals surface area contributed by atoms with Crippen LogP contribution in [0.4, 0.5) is 5.69 Å². The van der Waals surface area contributed by atoms with E-state index < -0.39 is 4.92 Å². The van der Waals surface area contributed by atoms with E-state index in [1.807, 2.05) is 0 Å². The molecule has 0 aliphatic heterocycles. The fourth-order valence-corrected chi connectivity index (χ4v) is 1.13. The molecule has 0 aliphatic rings. The van der Waals surface area contributed by atoms with Gasteiger partial charge in [-0.05, 0) is 18.1 Å². The molecule has 0 aliphatic carbocycles. The van der Waals surface area contributed by atoms with Crippen molar-refractivity contribution in [1.29, 1.82) is 0 Å². The van der Waals surface area contributed by atoms with Gasteiger partial charge in [-0.3, -0.25) is 14.9 Å². The van der Waals surface area contributed by atoms with Crippen molar-refractivity contribution in [2.75, 3.05) is 6.61 Å². The first-order chi connectivity index (χ1) is 6.69. The zero-order valence-corrected chi connectivity index (χ0v) is 7.34. The SMILES string of the molecule is O=Cc1ccc(CCO)cc1[N+](=O)[O-]. The number of rotatable bonds is 4. The summed E-state index contributed by atoms with van der Waals surface area (Å²) >= 11 is 0. The lowest BCUT2D eigenvalue weighted by Gasteiger charge is -1.99. The van der Waals surface area contributed by atoms with Gasteiger partial charge in [0.15, 0.2) is 6.29 Å². The van der Waals surface area contributed by atoms with E-state index in [1.54, 1.807) is 6.07 Å². The second-order valence-corrected chi connectivity index (χ2v) is 2.74. The van der Waals surface area contributed by atoms with Crippen molar-refractivity contribution >= 4 is 12.0 Å². The minimum Gasteiger partial charge on any atom is -0.396 e. The van der Waals surface area contributed by atoms with Gasteiger partial charge in [-0.25, -0.2) is 0 Å². The first-order valence-corrected chi connectivity index (χ1v) is 4.02. The summed E-state index contributed by atoms with van der Waals surface area (Å²) in [5, 5.41) is 19.2. The maximum Gasteiger partial charge on any atom is 0.280 e. The van der Waals surface area contributed by atoms with Crippen molar-refractivity contribution in [2.24, 2.45) is 0 Å². The highest BCUT2D eigenvalue weighted by molar-refractivity contribution is 5.81. The van der Waals surface area contributed by atoms with Crippen molar-refractivity contribution in [1.82, 2.24) is 0 Å². The standard InChI is InChI=1S/C9H9NO4/c11-4-3-7-1-2-8(6-12)9(5-7)10(13)14/h1-2,5-6,11H,3-4H2.